The van der Waals surface area contributed by atoms with Crippen LogP contribution < -0.4 is 5.32 Å². The van der Waals surface area contributed by atoms with Gasteiger partial charge in [-0.15, -0.1) is 0 Å². The minimum atomic E-state index is 0.350. The van der Waals surface area contributed by atoms with Gasteiger partial charge in [0.15, 0.2) is 0 Å². The predicted octanol–water partition coefficient (Wildman–Crippen LogP) is 2.96. The van der Waals surface area contributed by atoms with Gasteiger partial charge in [-0.25, -0.2) is 0 Å². The number of piperazine rings is 1. The zero-order valence-electron chi connectivity index (χ0n) is 12.0. The van der Waals surface area contributed by atoms with Crippen molar-refractivity contribution < 1.29 is 0 Å². The van der Waals surface area contributed by atoms with Crippen molar-refractivity contribution in [3.05, 3.63) is 35.4 Å². The van der Waals surface area contributed by atoms with Crippen molar-refractivity contribution in [1.29, 1.82) is 0 Å². The second-order valence-electron chi connectivity index (χ2n) is 5.52. The zero-order chi connectivity index (χ0) is 13.0. The Morgan fingerprint density at radius 1 is 1.17 bits per heavy atom. The first-order chi connectivity index (χ1) is 8.70. The van der Waals surface area contributed by atoms with Gasteiger partial charge < -0.3 is 5.32 Å². The molecular weight excluding hydrogens is 220 g/mol. The predicted molar refractivity (Wildman–Crippen MR) is 77.8 cm³/mol. The van der Waals surface area contributed by atoms with Gasteiger partial charge in [0.25, 0.3) is 0 Å². The van der Waals surface area contributed by atoms with E-state index in [2.05, 4.69) is 55.3 Å². The molecule has 2 rings (SSSR count). The number of rotatable bonds is 4. The molecule has 1 saturated heterocycles. The highest BCUT2D eigenvalue weighted by atomic mass is 15.3. The Balaban J connectivity index is 2.12. The fraction of sp³-hybridized carbons (Fsp3) is 0.625. The van der Waals surface area contributed by atoms with Crippen LogP contribution in [0.4, 0.5) is 0 Å². The van der Waals surface area contributed by atoms with Crippen LogP contribution >= 0.6 is 0 Å². The third-order valence-electron chi connectivity index (χ3n) is 4.49. The number of aryl methyl sites for hydroxylation is 1. The van der Waals surface area contributed by atoms with Crippen molar-refractivity contribution in [2.24, 2.45) is 0 Å². The molecule has 0 unspecified atom stereocenters. The first-order valence-electron chi connectivity index (χ1n) is 7.21. The van der Waals surface area contributed by atoms with E-state index in [1.165, 1.54) is 24.0 Å². The van der Waals surface area contributed by atoms with Crippen LogP contribution in [0.25, 0.3) is 0 Å². The third-order valence-corrected chi connectivity index (χ3v) is 4.49. The first kappa shape index (κ1) is 13.6. The molecular formula is C16H26N2. The lowest BCUT2D eigenvalue weighted by Gasteiger charge is -2.47. The molecule has 1 aliphatic rings. The number of hydrogen-bond donors (Lipinski definition) is 1. The maximum absolute atomic E-state index is 3.56. The van der Waals surface area contributed by atoms with Crippen molar-refractivity contribution in [3.8, 4) is 0 Å². The number of nitrogens with zero attached hydrogens (tertiary/aromatic N) is 1. The SMILES string of the molecule is CCC1(CC)CNCCN1Cc1ccc(C)cc1. The van der Waals surface area contributed by atoms with Gasteiger partial charge >= 0.3 is 0 Å². The summed E-state index contributed by atoms with van der Waals surface area (Å²) >= 11 is 0. The minimum Gasteiger partial charge on any atom is -0.314 e. The average Bonchev–Trinajstić information content (AvgIpc) is 2.42. The Bertz CT molecular complexity index is 365. The molecule has 0 spiro atoms. The van der Waals surface area contributed by atoms with Crippen LogP contribution in [0, 0.1) is 6.92 Å². The smallest absolute Gasteiger partial charge is 0.0332 e. The Morgan fingerprint density at radius 3 is 2.44 bits per heavy atom. The van der Waals surface area contributed by atoms with Gasteiger partial charge in [-0.1, -0.05) is 43.7 Å². The molecule has 0 aromatic heterocycles. The molecule has 0 aliphatic carbocycles. The number of hydrogen-bond acceptors (Lipinski definition) is 2. The third kappa shape index (κ3) is 2.76. The normalized spacial score (nSPS) is 19.9. The summed E-state index contributed by atoms with van der Waals surface area (Å²) in [6, 6.07) is 8.98. The lowest BCUT2D eigenvalue weighted by molar-refractivity contribution is 0.0447. The Kier molecular flexibility index (Phi) is 4.41. The fourth-order valence-corrected chi connectivity index (χ4v) is 2.99. The molecule has 1 N–H and O–H groups in total. The topological polar surface area (TPSA) is 15.3 Å². The van der Waals surface area contributed by atoms with Gasteiger partial charge in [-0.3, -0.25) is 4.90 Å². The molecule has 0 saturated carbocycles. The maximum Gasteiger partial charge on any atom is 0.0332 e. The van der Waals surface area contributed by atoms with Crippen LogP contribution in [0.2, 0.25) is 0 Å². The van der Waals surface area contributed by atoms with E-state index in [-0.39, 0.29) is 0 Å². The molecule has 1 fully saturated rings. The summed E-state index contributed by atoms with van der Waals surface area (Å²) in [5.74, 6) is 0. The van der Waals surface area contributed by atoms with E-state index in [1.807, 2.05) is 0 Å². The van der Waals surface area contributed by atoms with Crippen molar-refractivity contribution >= 4 is 0 Å². The van der Waals surface area contributed by atoms with E-state index in [1.54, 1.807) is 0 Å². The average molecular weight is 246 g/mol. The van der Waals surface area contributed by atoms with Crippen LogP contribution in [0.3, 0.4) is 0 Å². The molecule has 18 heavy (non-hydrogen) atoms. The van der Waals surface area contributed by atoms with Crippen molar-refractivity contribution in [3.63, 3.8) is 0 Å². The van der Waals surface area contributed by atoms with E-state index < -0.39 is 0 Å². The van der Waals surface area contributed by atoms with Gasteiger partial charge in [0.2, 0.25) is 0 Å². The molecule has 1 aromatic rings. The maximum atomic E-state index is 3.56. The second kappa shape index (κ2) is 5.85. The van der Waals surface area contributed by atoms with Crippen LogP contribution in [-0.2, 0) is 6.54 Å². The summed E-state index contributed by atoms with van der Waals surface area (Å²) < 4.78 is 0. The highest BCUT2D eigenvalue weighted by molar-refractivity contribution is 5.21. The summed E-state index contributed by atoms with van der Waals surface area (Å²) in [5, 5.41) is 3.56. The standard InChI is InChI=1S/C16H26N2/c1-4-16(5-2)13-17-10-11-18(16)12-15-8-6-14(3)7-9-15/h6-9,17H,4-5,10-13H2,1-3H3. The van der Waals surface area contributed by atoms with Crippen LogP contribution in [0.1, 0.15) is 37.8 Å². The first-order valence-corrected chi connectivity index (χ1v) is 7.21. The van der Waals surface area contributed by atoms with Gasteiger partial charge in [0, 0.05) is 31.7 Å². The van der Waals surface area contributed by atoms with Gasteiger partial charge in [0.1, 0.15) is 0 Å². The second-order valence-corrected chi connectivity index (χ2v) is 5.52. The van der Waals surface area contributed by atoms with E-state index in [9.17, 15) is 0 Å². The van der Waals surface area contributed by atoms with Crippen molar-refractivity contribution in [2.45, 2.75) is 45.7 Å². The molecule has 1 heterocycles. The summed E-state index contributed by atoms with van der Waals surface area (Å²) in [5.41, 5.74) is 3.13. The van der Waals surface area contributed by atoms with Crippen molar-refractivity contribution in [1.82, 2.24) is 10.2 Å². The van der Waals surface area contributed by atoms with Crippen LogP contribution in [-0.4, -0.2) is 30.1 Å². The number of nitrogens with one attached hydrogen (secondary N) is 1. The van der Waals surface area contributed by atoms with Gasteiger partial charge in [-0.05, 0) is 25.3 Å². The Morgan fingerprint density at radius 2 is 1.83 bits per heavy atom. The van der Waals surface area contributed by atoms with Gasteiger partial charge in [0.05, 0.1) is 0 Å². The number of benzene rings is 1. The fourth-order valence-electron chi connectivity index (χ4n) is 2.99. The van der Waals surface area contributed by atoms with E-state index in [0.717, 1.165) is 26.2 Å². The lowest BCUT2D eigenvalue weighted by Crippen LogP contribution is -2.60. The monoisotopic (exact) mass is 246 g/mol. The summed E-state index contributed by atoms with van der Waals surface area (Å²) in [6.45, 7) is 11.3. The van der Waals surface area contributed by atoms with E-state index in [4.69, 9.17) is 0 Å². The largest absolute Gasteiger partial charge is 0.314 e. The Hall–Kier alpha value is -0.860. The molecule has 2 heteroatoms. The molecule has 0 atom stereocenters. The molecule has 0 bridgehead atoms. The molecule has 0 radical (unpaired) electrons. The molecule has 100 valence electrons. The quantitative estimate of drug-likeness (QED) is 0.878. The summed E-state index contributed by atoms with van der Waals surface area (Å²) in [4.78, 5) is 2.67. The molecule has 1 aliphatic heterocycles. The van der Waals surface area contributed by atoms with Crippen molar-refractivity contribution in [2.75, 3.05) is 19.6 Å². The highest BCUT2D eigenvalue weighted by Crippen LogP contribution is 2.27. The van der Waals surface area contributed by atoms with Crippen LogP contribution in [0.15, 0.2) is 24.3 Å². The summed E-state index contributed by atoms with van der Waals surface area (Å²) in [6.07, 6.45) is 2.45. The highest BCUT2D eigenvalue weighted by Gasteiger charge is 2.35. The zero-order valence-corrected chi connectivity index (χ0v) is 12.0. The molecule has 1 aromatic carbocycles. The van der Waals surface area contributed by atoms with E-state index >= 15 is 0 Å². The molecule has 2 nitrogen and oxygen atoms in total. The lowest BCUT2D eigenvalue weighted by atomic mass is 9.88. The summed E-state index contributed by atoms with van der Waals surface area (Å²) in [7, 11) is 0. The van der Waals surface area contributed by atoms with Gasteiger partial charge in [-0.2, -0.15) is 0 Å². The molecule has 0 amide bonds. The Labute approximate surface area is 111 Å². The minimum absolute atomic E-state index is 0.350. The van der Waals surface area contributed by atoms with E-state index in [0.29, 0.717) is 5.54 Å². The van der Waals surface area contributed by atoms with Crippen LogP contribution in [0.5, 0.6) is 0 Å².